The molecule has 2 aliphatic heterocycles. The van der Waals surface area contributed by atoms with Gasteiger partial charge in [0, 0.05) is 25.6 Å². The number of amides is 2. The number of nitrogens with zero attached hydrogens (tertiary/aromatic N) is 2. The molecular formula is C21H22N2O3S2. The smallest absolute Gasteiger partial charge is 0.411 e. The monoisotopic (exact) mass is 414 g/mol. The topological polar surface area (TPSA) is 49.9 Å². The first-order valence-electron chi connectivity index (χ1n) is 9.65. The Kier molecular flexibility index (Phi) is 4.59. The summed E-state index contributed by atoms with van der Waals surface area (Å²) in [5.74, 6) is 0.108. The number of piperidine rings is 1. The Balaban J connectivity index is 1.29. The van der Waals surface area contributed by atoms with Crippen molar-refractivity contribution in [3.63, 3.8) is 0 Å². The average molecular weight is 415 g/mol. The van der Waals surface area contributed by atoms with Crippen molar-refractivity contribution in [3.8, 4) is 0 Å². The van der Waals surface area contributed by atoms with Gasteiger partial charge >= 0.3 is 6.09 Å². The van der Waals surface area contributed by atoms with E-state index in [-0.39, 0.29) is 30.2 Å². The lowest BCUT2D eigenvalue weighted by Crippen LogP contribution is -2.47. The highest BCUT2D eigenvalue weighted by Crippen LogP contribution is 2.44. The van der Waals surface area contributed by atoms with Crippen LogP contribution < -0.4 is 0 Å². The van der Waals surface area contributed by atoms with E-state index in [2.05, 4.69) is 12.1 Å². The molecule has 0 spiro atoms. The number of thiophene rings is 1. The van der Waals surface area contributed by atoms with Crippen LogP contribution >= 0.6 is 23.1 Å². The molecule has 3 heterocycles. The van der Waals surface area contributed by atoms with E-state index >= 15 is 0 Å². The third-order valence-electron chi connectivity index (χ3n) is 6.05. The number of thioether (sulfide) groups is 1. The summed E-state index contributed by atoms with van der Waals surface area (Å²) in [6.07, 6.45) is 4.16. The first kappa shape index (κ1) is 18.1. The maximum atomic E-state index is 12.8. The number of rotatable bonds is 3. The van der Waals surface area contributed by atoms with Gasteiger partial charge in [0.05, 0.1) is 15.1 Å². The van der Waals surface area contributed by atoms with Crippen LogP contribution in [0.25, 0.3) is 0 Å². The summed E-state index contributed by atoms with van der Waals surface area (Å²) >= 11 is 3.22. The van der Waals surface area contributed by atoms with Crippen molar-refractivity contribution < 1.29 is 14.3 Å². The fourth-order valence-electron chi connectivity index (χ4n) is 4.70. The predicted octanol–water partition coefficient (Wildman–Crippen LogP) is 4.19. The van der Waals surface area contributed by atoms with Crippen LogP contribution in [0.2, 0.25) is 0 Å². The van der Waals surface area contributed by atoms with E-state index < -0.39 is 0 Å². The number of ether oxygens (including phenoxy) is 1. The van der Waals surface area contributed by atoms with Gasteiger partial charge in [0.25, 0.3) is 5.91 Å². The van der Waals surface area contributed by atoms with Crippen molar-refractivity contribution in [3.05, 3.63) is 52.4 Å². The molecule has 1 aromatic heterocycles. The quantitative estimate of drug-likeness (QED) is 0.707. The van der Waals surface area contributed by atoms with Crippen molar-refractivity contribution in [1.29, 1.82) is 0 Å². The molecule has 1 aromatic carbocycles. The number of benzene rings is 1. The van der Waals surface area contributed by atoms with Gasteiger partial charge in [0.1, 0.15) is 6.10 Å². The summed E-state index contributed by atoms with van der Waals surface area (Å²) < 4.78 is 6.85. The van der Waals surface area contributed by atoms with Gasteiger partial charge in [-0.25, -0.2) is 4.79 Å². The average Bonchev–Trinajstić information content (AvgIpc) is 3.41. The number of carbonyl (C=O) groups is 2. The lowest BCUT2D eigenvalue weighted by molar-refractivity contribution is 0.0640. The summed E-state index contributed by atoms with van der Waals surface area (Å²) in [6.45, 7) is 1.36. The van der Waals surface area contributed by atoms with E-state index in [1.54, 1.807) is 23.1 Å². The van der Waals surface area contributed by atoms with Crippen LogP contribution in [-0.2, 0) is 11.2 Å². The minimum atomic E-state index is -0.197. The Labute approximate surface area is 172 Å². The van der Waals surface area contributed by atoms with E-state index in [4.69, 9.17) is 4.74 Å². The molecule has 28 heavy (non-hydrogen) atoms. The molecule has 7 heteroatoms. The summed E-state index contributed by atoms with van der Waals surface area (Å²) in [6, 6.07) is 12.4. The van der Waals surface area contributed by atoms with Crippen LogP contribution in [0.5, 0.6) is 0 Å². The summed E-state index contributed by atoms with van der Waals surface area (Å²) in [5, 5.41) is 0. The first-order valence-corrected chi connectivity index (χ1v) is 11.7. The molecule has 2 saturated heterocycles. The van der Waals surface area contributed by atoms with Crippen LogP contribution in [0.1, 0.15) is 39.7 Å². The van der Waals surface area contributed by atoms with Gasteiger partial charge in [0.15, 0.2) is 0 Å². The molecule has 0 bridgehead atoms. The van der Waals surface area contributed by atoms with Crippen molar-refractivity contribution in [2.24, 2.45) is 0 Å². The fourth-order valence-corrected chi connectivity index (χ4v) is 6.21. The largest absolute Gasteiger partial charge is 0.443 e. The number of likely N-dealkylation sites (tertiary alicyclic amines) is 1. The van der Waals surface area contributed by atoms with Crippen LogP contribution in [0, 0.1) is 0 Å². The molecule has 2 amide bonds. The fraction of sp³-hybridized carbons (Fsp3) is 0.429. The van der Waals surface area contributed by atoms with Gasteiger partial charge in [-0.15, -0.1) is 23.1 Å². The third-order valence-corrected chi connectivity index (χ3v) is 8.20. The van der Waals surface area contributed by atoms with Crippen molar-refractivity contribution in [2.75, 3.05) is 19.3 Å². The van der Waals surface area contributed by atoms with E-state index in [0.717, 1.165) is 28.3 Å². The highest BCUT2D eigenvalue weighted by molar-refractivity contribution is 8.00. The van der Waals surface area contributed by atoms with Gasteiger partial charge in [-0.2, -0.15) is 0 Å². The molecule has 0 saturated carbocycles. The molecule has 2 unspecified atom stereocenters. The van der Waals surface area contributed by atoms with E-state index in [1.807, 2.05) is 40.3 Å². The molecule has 2 aromatic rings. The Morgan fingerprint density at radius 2 is 1.96 bits per heavy atom. The Morgan fingerprint density at radius 3 is 2.71 bits per heavy atom. The molecule has 0 radical (unpaired) electrons. The van der Waals surface area contributed by atoms with Crippen LogP contribution in [0.4, 0.5) is 4.79 Å². The molecule has 3 aliphatic rings. The second-order valence-electron chi connectivity index (χ2n) is 7.52. The molecule has 2 atom stereocenters. The molecule has 146 valence electrons. The lowest BCUT2D eigenvalue weighted by atomic mass is 9.99. The van der Waals surface area contributed by atoms with Gasteiger partial charge < -0.3 is 9.64 Å². The Bertz CT molecular complexity index is 920. The molecule has 1 aliphatic carbocycles. The Hall–Kier alpha value is -1.99. The third kappa shape index (κ3) is 2.92. The molecule has 0 N–H and O–H groups in total. The second kappa shape index (κ2) is 7.12. The van der Waals surface area contributed by atoms with Gasteiger partial charge in [0.2, 0.25) is 0 Å². The zero-order valence-corrected chi connectivity index (χ0v) is 17.3. The summed E-state index contributed by atoms with van der Waals surface area (Å²) in [5.41, 5.74) is 2.50. The van der Waals surface area contributed by atoms with Gasteiger partial charge in [-0.1, -0.05) is 24.3 Å². The van der Waals surface area contributed by atoms with Gasteiger partial charge in [-0.3, -0.25) is 9.69 Å². The highest BCUT2D eigenvalue weighted by Gasteiger charge is 2.50. The predicted molar refractivity (Wildman–Crippen MR) is 110 cm³/mol. The summed E-state index contributed by atoms with van der Waals surface area (Å²) in [4.78, 5) is 30.1. The molecule has 2 fully saturated rings. The SMILES string of the molecule is CSc1ccc(C(=O)N2CCC(N3C(=O)OC4Cc5ccccc5C43)CC2)s1. The number of fused-ring (bicyclic) bond motifs is 3. The zero-order valence-electron chi connectivity index (χ0n) is 15.7. The minimum Gasteiger partial charge on any atom is -0.443 e. The maximum Gasteiger partial charge on any atom is 0.411 e. The second-order valence-corrected chi connectivity index (χ2v) is 9.71. The standard InChI is InChI=1S/C21H22N2O3S2/c1-27-18-7-6-17(28-18)20(24)22-10-8-14(9-11-22)23-19-15-5-3-2-4-13(15)12-16(19)26-21(23)25/h2-7,14,16,19H,8-12H2,1H3. The molecule has 5 nitrogen and oxygen atoms in total. The Morgan fingerprint density at radius 1 is 1.18 bits per heavy atom. The van der Waals surface area contributed by atoms with Crippen LogP contribution in [0.3, 0.4) is 0 Å². The van der Waals surface area contributed by atoms with E-state index in [1.165, 1.54) is 11.1 Å². The number of carbonyl (C=O) groups excluding carboxylic acids is 2. The zero-order chi connectivity index (χ0) is 19.3. The van der Waals surface area contributed by atoms with Crippen molar-refractivity contribution in [1.82, 2.24) is 9.80 Å². The van der Waals surface area contributed by atoms with E-state index in [9.17, 15) is 9.59 Å². The number of hydrogen-bond donors (Lipinski definition) is 0. The minimum absolute atomic E-state index is 0.0254. The molecule has 5 rings (SSSR count). The van der Waals surface area contributed by atoms with Crippen molar-refractivity contribution >= 4 is 35.1 Å². The molecular weight excluding hydrogens is 392 g/mol. The van der Waals surface area contributed by atoms with Crippen molar-refractivity contribution in [2.45, 2.75) is 41.7 Å². The summed E-state index contributed by atoms with van der Waals surface area (Å²) in [7, 11) is 0. The van der Waals surface area contributed by atoms with Crippen LogP contribution in [-0.4, -0.2) is 53.3 Å². The van der Waals surface area contributed by atoms with Crippen LogP contribution in [0.15, 0.2) is 40.6 Å². The van der Waals surface area contributed by atoms with Gasteiger partial charge in [-0.05, 0) is 42.4 Å². The number of hydrogen-bond acceptors (Lipinski definition) is 5. The maximum absolute atomic E-state index is 12.8. The lowest BCUT2D eigenvalue weighted by Gasteiger charge is -2.37. The van der Waals surface area contributed by atoms with E-state index in [0.29, 0.717) is 13.1 Å². The first-order chi connectivity index (χ1) is 13.7. The normalized spacial score (nSPS) is 24.2. The highest BCUT2D eigenvalue weighted by atomic mass is 32.2.